The number of hydrogen-bond acceptors (Lipinski definition) is 6. The largest absolute Gasteiger partial charge is 0.416 e. The van der Waals surface area contributed by atoms with E-state index in [0.717, 1.165) is 17.8 Å². The van der Waals surface area contributed by atoms with Crippen LogP contribution in [0.2, 0.25) is 0 Å². The molecule has 0 fully saturated rings. The molecule has 0 spiro atoms. The normalized spacial score (nSPS) is 17.9. The second-order valence-electron chi connectivity index (χ2n) is 3.95. The highest BCUT2D eigenvalue weighted by atomic mass is 32.2. The summed E-state index contributed by atoms with van der Waals surface area (Å²) in [4.78, 5) is 25.2. The summed E-state index contributed by atoms with van der Waals surface area (Å²) in [6, 6.07) is 0.0658. The van der Waals surface area contributed by atoms with Gasteiger partial charge in [-0.15, -0.1) is 11.8 Å². The quantitative estimate of drug-likeness (QED) is 0.468. The van der Waals surface area contributed by atoms with Gasteiger partial charge in [0.05, 0.1) is 15.4 Å². The number of thioether (sulfide) groups is 2. The molecule has 1 aromatic carbocycles. The number of alkyl halides is 3. The average Bonchev–Trinajstić information content (AvgIpc) is 2.43. The highest BCUT2D eigenvalue weighted by molar-refractivity contribution is 8.38. The van der Waals surface area contributed by atoms with Gasteiger partial charge in [0.1, 0.15) is 16.7 Å². The van der Waals surface area contributed by atoms with E-state index in [2.05, 4.69) is 4.99 Å². The highest BCUT2D eigenvalue weighted by Gasteiger charge is 2.37. The van der Waals surface area contributed by atoms with Gasteiger partial charge in [0.2, 0.25) is 0 Å². The lowest BCUT2D eigenvalue weighted by Crippen LogP contribution is -2.13. The summed E-state index contributed by atoms with van der Waals surface area (Å²) in [5, 5.41) is 11.0. The topological polar surface area (TPSA) is 72.6 Å². The molecule has 0 N–H and O–H groups in total. The highest BCUT2D eigenvalue weighted by Crippen LogP contribution is 2.46. The van der Waals surface area contributed by atoms with Gasteiger partial charge in [-0.1, -0.05) is 11.8 Å². The number of carbonyl (C=O) groups is 1. The van der Waals surface area contributed by atoms with E-state index < -0.39 is 28.4 Å². The number of halogens is 3. The molecule has 1 aliphatic heterocycles. The van der Waals surface area contributed by atoms with Crippen LogP contribution >= 0.6 is 23.5 Å². The molecule has 10 heteroatoms. The Kier molecular flexibility index (Phi) is 4.28. The molecular formula is C11H7F3N2O3S2. The maximum Gasteiger partial charge on any atom is 0.416 e. The Labute approximate surface area is 125 Å². The fourth-order valence-corrected chi connectivity index (χ4v) is 3.44. The second kappa shape index (κ2) is 5.68. The number of carbonyl (C=O) groups excluding carboxylic acids is 1. The van der Waals surface area contributed by atoms with E-state index in [1.165, 1.54) is 11.8 Å². The Bertz CT molecular complexity index is 646. The van der Waals surface area contributed by atoms with Gasteiger partial charge in [-0.25, -0.2) is 0 Å². The van der Waals surface area contributed by atoms with Crippen molar-refractivity contribution in [3.63, 3.8) is 0 Å². The first-order valence-electron chi connectivity index (χ1n) is 5.42. The predicted molar refractivity (Wildman–Crippen MR) is 73.7 cm³/mol. The first-order chi connectivity index (χ1) is 9.77. The van der Waals surface area contributed by atoms with Gasteiger partial charge in [0.15, 0.2) is 0 Å². The number of hydrogen-bond donors (Lipinski definition) is 0. The van der Waals surface area contributed by atoms with Crippen molar-refractivity contribution >= 4 is 39.9 Å². The summed E-state index contributed by atoms with van der Waals surface area (Å²) < 4.78 is 38.8. The number of fused-ring (bicyclic) bond motifs is 1. The molecular weight excluding hydrogens is 329 g/mol. The number of aldehydes is 1. The van der Waals surface area contributed by atoms with E-state index in [1.807, 2.05) is 0 Å². The van der Waals surface area contributed by atoms with Crippen LogP contribution in [0.25, 0.3) is 0 Å². The average molecular weight is 336 g/mol. The third-order valence-electron chi connectivity index (χ3n) is 2.68. The molecule has 1 unspecified atom stereocenters. The van der Waals surface area contributed by atoms with E-state index in [-0.39, 0.29) is 10.5 Å². The molecule has 2 rings (SSSR count). The Hall–Kier alpha value is -1.55. The van der Waals surface area contributed by atoms with Crippen LogP contribution in [-0.4, -0.2) is 21.8 Å². The lowest BCUT2D eigenvalue weighted by Gasteiger charge is -2.20. The molecule has 0 saturated carbocycles. The van der Waals surface area contributed by atoms with Crippen molar-refractivity contribution in [1.82, 2.24) is 0 Å². The lowest BCUT2D eigenvalue weighted by molar-refractivity contribution is -0.388. The van der Waals surface area contributed by atoms with Crippen molar-refractivity contribution in [3.8, 4) is 0 Å². The molecule has 1 aliphatic rings. The van der Waals surface area contributed by atoms with E-state index >= 15 is 0 Å². The molecule has 21 heavy (non-hydrogen) atoms. The minimum absolute atomic E-state index is 0.0319. The number of benzene rings is 1. The molecule has 5 nitrogen and oxygen atoms in total. The van der Waals surface area contributed by atoms with Crippen molar-refractivity contribution < 1.29 is 22.9 Å². The predicted octanol–water partition coefficient (Wildman–Crippen LogP) is 3.68. The Balaban J connectivity index is 2.71. The van der Waals surface area contributed by atoms with Gasteiger partial charge < -0.3 is 4.79 Å². The first-order valence-corrected chi connectivity index (χ1v) is 7.46. The minimum Gasteiger partial charge on any atom is -0.301 e. The molecule has 0 radical (unpaired) electrons. The van der Waals surface area contributed by atoms with Crippen molar-refractivity contribution in [2.75, 3.05) is 6.26 Å². The minimum atomic E-state index is -4.73. The number of nitrogens with zero attached hydrogens (tertiary/aromatic N) is 2. The molecule has 0 aromatic heterocycles. The Morgan fingerprint density at radius 3 is 2.62 bits per heavy atom. The van der Waals surface area contributed by atoms with Crippen molar-refractivity contribution in [2.24, 2.45) is 4.99 Å². The van der Waals surface area contributed by atoms with Crippen LogP contribution in [0.4, 0.5) is 18.9 Å². The molecule has 0 amide bonds. The van der Waals surface area contributed by atoms with Crippen LogP contribution in [0.5, 0.6) is 0 Å². The van der Waals surface area contributed by atoms with Crippen molar-refractivity contribution in [3.05, 3.63) is 33.4 Å². The number of nitro benzene ring substituents is 1. The molecule has 1 atom stereocenters. The van der Waals surface area contributed by atoms with Crippen molar-refractivity contribution in [2.45, 2.75) is 17.1 Å². The summed E-state index contributed by atoms with van der Waals surface area (Å²) in [7, 11) is 0. The van der Waals surface area contributed by atoms with Gasteiger partial charge in [0.25, 0.3) is 5.69 Å². The van der Waals surface area contributed by atoms with Gasteiger partial charge in [0, 0.05) is 11.6 Å². The third-order valence-corrected chi connectivity index (χ3v) is 4.81. The molecule has 112 valence electrons. The Morgan fingerprint density at radius 2 is 2.14 bits per heavy atom. The van der Waals surface area contributed by atoms with Crippen LogP contribution in [-0.2, 0) is 11.0 Å². The fraction of sp³-hybridized carbons (Fsp3) is 0.273. The van der Waals surface area contributed by atoms with E-state index in [1.54, 1.807) is 6.26 Å². The summed E-state index contributed by atoms with van der Waals surface area (Å²) >= 11 is 2.06. The van der Waals surface area contributed by atoms with Crippen LogP contribution in [0.15, 0.2) is 22.0 Å². The zero-order valence-corrected chi connectivity index (χ0v) is 12.0. The number of rotatable bonds is 2. The zero-order valence-electron chi connectivity index (χ0n) is 10.4. The van der Waals surface area contributed by atoms with Gasteiger partial charge in [-0.05, 0) is 12.3 Å². The fourth-order valence-electron chi connectivity index (χ4n) is 1.76. The monoisotopic (exact) mass is 336 g/mol. The second-order valence-corrected chi connectivity index (χ2v) is 6.00. The zero-order chi connectivity index (χ0) is 15.8. The smallest absolute Gasteiger partial charge is 0.301 e. The first kappa shape index (κ1) is 15.8. The van der Waals surface area contributed by atoms with Gasteiger partial charge in [-0.3, -0.25) is 15.1 Å². The number of nitro groups is 1. The maximum atomic E-state index is 12.8. The van der Waals surface area contributed by atoms with Crippen LogP contribution in [0, 0.1) is 10.1 Å². The molecule has 0 aliphatic carbocycles. The standard InChI is InChI=1S/C11H7F3N2O3S2/c1-20-10-15-7(4-17)6-2-5(11(12,13)14)3-8(16(18)19)9(6)21-10/h2-4,7H,1H3. The van der Waals surface area contributed by atoms with E-state index in [9.17, 15) is 28.1 Å². The van der Waals surface area contributed by atoms with Crippen LogP contribution < -0.4 is 0 Å². The van der Waals surface area contributed by atoms with Gasteiger partial charge in [-0.2, -0.15) is 13.2 Å². The van der Waals surface area contributed by atoms with Crippen molar-refractivity contribution in [1.29, 1.82) is 0 Å². The van der Waals surface area contributed by atoms with Crippen LogP contribution in [0.1, 0.15) is 17.2 Å². The third kappa shape index (κ3) is 3.05. The summed E-state index contributed by atoms with van der Waals surface area (Å²) in [6.07, 6.45) is -2.70. The summed E-state index contributed by atoms with van der Waals surface area (Å²) in [5.74, 6) is 0. The molecule has 1 aromatic rings. The summed E-state index contributed by atoms with van der Waals surface area (Å²) in [5.41, 5.74) is -1.92. The lowest BCUT2D eigenvalue weighted by atomic mass is 10.0. The van der Waals surface area contributed by atoms with E-state index in [0.29, 0.717) is 16.7 Å². The van der Waals surface area contributed by atoms with E-state index in [4.69, 9.17) is 0 Å². The maximum absolute atomic E-state index is 12.8. The Morgan fingerprint density at radius 1 is 1.48 bits per heavy atom. The number of aliphatic imine (C=N–C) groups is 1. The molecule has 0 bridgehead atoms. The molecule has 0 saturated heterocycles. The summed E-state index contributed by atoms with van der Waals surface area (Å²) in [6.45, 7) is 0. The molecule has 1 heterocycles. The SMILES string of the molecule is CSC1=NC(C=O)c2cc(C(F)(F)F)cc([N+](=O)[O-])c2S1. The van der Waals surface area contributed by atoms with Crippen LogP contribution in [0.3, 0.4) is 0 Å². The van der Waals surface area contributed by atoms with Gasteiger partial charge >= 0.3 is 6.18 Å².